The topological polar surface area (TPSA) is 64.6 Å². The molecule has 3 rings (SSSR count). The summed E-state index contributed by atoms with van der Waals surface area (Å²) in [5.74, 6) is 0.733. The van der Waals surface area contributed by atoms with Crippen LogP contribution in [0, 0.1) is 0 Å². The second-order valence-electron chi connectivity index (χ2n) is 6.13. The van der Waals surface area contributed by atoms with Crippen LogP contribution in [-0.4, -0.2) is 26.9 Å². The molecule has 25 heavy (non-hydrogen) atoms. The molecule has 0 aromatic heterocycles. The molecule has 0 spiro atoms. The van der Waals surface area contributed by atoms with Gasteiger partial charge in [-0.15, -0.1) is 0 Å². The van der Waals surface area contributed by atoms with Crippen molar-refractivity contribution in [2.24, 2.45) is 0 Å². The molecule has 5 nitrogen and oxygen atoms in total. The van der Waals surface area contributed by atoms with Gasteiger partial charge in [0.25, 0.3) is 0 Å². The molecular weight excluding hydrogens is 338 g/mol. The monoisotopic (exact) mass is 361 g/mol. The lowest BCUT2D eigenvalue weighted by molar-refractivity contribution is 0.0306. The average molecular weight is 361 g/mol. The first-order valence-corrected chi connectivity index (χ1v) is 10.2. The van der Waals surface area contributed by atoms with Gasteiger partial charge in [0.1, 0.15) is 12.4 Å². The van der Waals surface area contributed by atoms with E-state index in [9.17, 15) is 8.42 Å². The van der Waals surface area contributed by atoms with Gasteiger partial charge in [0.2, 0.25) is 10.0 Å². The van der Waals surface area contributed by atoms with Gasteiger partial charge < -0.3 is 9.47 Å². The summed E-state index contributed by atoms with van der Waals surface area (Å²) in [6.45, 7) is 0.935. The number of para-hydroxylation sites is 2. The molecule has 1 aliphatic rings. The van der Waals surface area contributed by atoms with Crippen molar-refractivity contribution in [3.05, 3.63) is 60.2 Å². The summed E-state index contributed by atoms with van der Waals surface area (Å²) in [6.07, 6.45) is 2.59. The van der Waals surface area contributed by atoms with Gasteiger partial charge in [0.05, 0.1) is 17.5 Å². The highest BCUT2D eigenvalue weighted by atomic mass is 32.2. The first kappa shape index (κ1) is 17.8. The zero-order chi connectivity index (χ0) is 17.5. The summed E-state index contributed by atoms with van der Waals surface area (Å²) in [5.41, 5.74) is 1.34. The number of nitrogens with one attached hydrogen (secondary N) is 1. The molecule has 1 unspecified atom stereocenters. The molecule has 0 saturated carbocycles. The summed E-state index contributed by atoms with van der Waals surface area (Å²) >= 11 is 0. The number of hydrogen-bond acceptors (Lipinski definition) is 4. The van der Waals surface area contributed by atoms with Gasteiger partial charge in [-0.05, 0) is 37.5 Å². The fourth-order valence-electron chi connectivity index (χ4n) is 2.82. The quantitative estimate of drug-likeness (QED) is 0.819. The maximum Gasteiger partial charge on any atom is 0.235 e. The maximum absolute atomic E-state index is 12.5. The minimum Gasteiger partial charge on any atom is -0.489 e. The van der Waals surface area contributed by atoms with Crippen LogP contribution in [0.1, 0.15) is 24.8 Å². The molecule has 0 radical (unpaired) electrons. The van der Waals surface area contributed by atoms with Crippen LogP contribution in [0.3, 0.4) is 0 Å². The van der Waals surface area contributed by atoms with E-state index >= 15 is 0 Å². The van der Waals surface area contributed by atoms with Crippen LogP contribution in [0.4, 0.5) is 5.69 Å². The van der Waals surface area contributed by atoms with Crippen molar-refractivity contribution in [1.29, 1.82) is 0 Å². The van der Waals surface area contributed by atoms with Crippen LogP contribution >= 0.6 is 0 Å². The van der Waals surface area contributed by atoms with E-state index in [0.717, 1.165) is 30.6 Å². The van der Waals surface area contributed by atoms with Crippen LogP contribution in [0.15, 0.2) is 54.6 Å². The molecule has 6 heteroatoms. The molecule has 0 amide bonds. The lowest BCUT2D eigenvalue weighted by atomic mass is 10.1. The highest BCUT2D eigenvalue weighted by Gasteiger charge is 2.22. The maximum atomic E-state index is 12.5. The van der Waals surface area contributed by atoms with E-state index in [0.29, 0.717) is 18.9 Å². The van der Waals surface area contributed by atoms with E-state index in [1.807, 2.05) is 42.5 Å². The van der Waals surface area contributed by atoms with Crippen LogP contribution in [-0.2, 0) is 21.4 Å². The van der Waals surface area contributed by atoms with Crippen LogP contribution in [0.25, 0.3) is 0 Å². The molecule has 1 atom stereocenters. The van der Waals surface area contributed by atoms with Crippen molar-refractivity contribution < 1.29 is 17.9 Å². The van der Waals surface area contributed by atoms with Crippen molar-refractivity contribution in [3.8, 4) is 5.75 Å². The van der Waals surface area contributed by atoms with Gasteiger partial charge in [0.15, 0.2) is 0 Å². The Hall–Kier alpha value is -2.05. The molecule has 2 aromatic carbocycles. The van der Waals surface area contributed by atoms with Gasteiger partial charge in [-0.1, -0.05) is 36.4 Å². The number of sulfonamides is 1. The second kappa shape index (κ2) is 8.36. The molecule has 1 N–H and O–H groups in total. The minimum absolute atomic E-state index is 0.0130. The largest absolute Gasteiger partial charge is 0.489 e. The number of ether oxygens (including phenoxy) is 2. The molecule has 1 saturated heterocycles. The summed E-state index contributed by atoms with van der Waals surface area (Å²) < 4.78 is 38.9. The number of rotatable bonds is 7. The van der Waals surface area contributed by atoms with E-state index in [1.165, 1.54) is 0 Å². The van der Waals surface area contributed by atoms with E-state index in [-0.39, 0.29) is 11.9 Å². The van der Waals surface area contributed by atoms with Gasteiger partial charge in [-0.2, -0.15) is 0 Å². The zero-order valence-corrected chi connectivity index (χ0v) is 14.9. The summed E-state index contributed by atoms with van der Waals surface area (Å²) in [6, 6.07) is 16.7. The summed E-state index contributed by atoms with van der Waals surface area (Å²) in [5, 5.41) is 0. The van der Waals surface area contributed by atoms with Gasteiger partial charge in [-0.25, -0.2) is 8.42 Å². The van der Waals surface area contributed by atoms with Crippen LogP contribution < -0.4 is 9.46 Å². The molecular formula is C19H23NO4S. The molecule has 0 bridgehead atoms. The molecule has 1 fully saturated rings. The first-order valence-electron chi connectivity index (χ1n) is 8.50. The fourth-order valence-corrected chi connectivity index (χ4v) is 4.19. The van der Waals surface area contributed by atoms with Crippen molar-refractivity contribution in [2.75, 3.05) is 17.1 Å². The Morgan fingerprint density at radius 2 is 1.80 bits per heavy atom. The number of hydrogen-bond donors (Lipinski definition) is 1. The Morgan fingerprint density at radius 3 is 2.56 bits per heavy atom. The Kier molecular flexibility index (Phi) is 5.94. The zero-order valence-electron chi connectivity index (χ0n) is 14.1. The third kappa shape index (κ3) is 5.47. The molecule has 1 heterocycles. The predicted molar refractivity (Wildman–Crippen MR) is 98.2 cm³/mol. The average Bonchev–Trinajstić information content (AvgIpc) is 2.62. The highest BCUT2D eigenvalue weighted by molar-refractivity contribution is 7.92. The lowest BCUT2D eigenvalue weighted by Gasteiger charge is -2.23. The Morgan fingerprint density at radius 1 is 1.04 bits per heavy atom. The second-order valence-corrected chi connectivity index (χ2v) is 7.90. The third-order valence-corrected chi connectivity index (χ3v) is 5.44. The van der Waals surface area contributed by atoms with E-state index in [2.05, 4.69) is 4.72 Å². The summed E-state index contributed by atoms with van der Waals surface area (Å²) in [4.78, 5) is 0. The first-order chi connectivity index (χ1) is 12.1. The van der Waals surface area contributed by atoms with E-state index < -0.39 is 10.0 Å². The molecule has 134 valence electrons. The molecule has 2 aromatic rings. The van der Waals surface area contributed by atoms with E-state index in [4.69, 9.17) is 9.47 Å². The van der Waals surface area contributed by atoms with E-state index in [1.54, 1.807) is 12.1 Å². The predicted octanol–water partition coefficient (Wildman–Crippen LogP) is 3.58. The van der Waals surface area contributed by atoms with Gasteiger partial charge in [0, 0.05) is 12.2 Å². The standard InChI is InChI=1S/C19H23NO4S/c21-25(22,15-18-11-6-7-13-23-18)20-19-12-5-4-8-16(19)14-24-17-9-2-1-3-10-17/h1-5,8-10,12,18,20H,6-7,11,13-15H2. The lowest BCUT2D eigenvalue weighted by Crippen LogP contribution is -2.31. The van der Waals surface area contributed by atoms with Gasteiger partial charge in [-0.3, -0.25) is 4.72 Å². The minimum atomic E-state index is -3.47. The normalized spacial score (nSPS) is 17.8. The Labute approximate surface area is 149 Å². The van der Waals surface area contributed by atoms with Crippen molar-refractivity contribution >= 4 is 15.7 Å². The van der Waals surface area contributed by atoms with Crippen molar-refractivity contribution in [3.63, 3.8) is 0 Å². The van der Waals surface area contributed by atoms with Crippen molar-refractivity contribution in [2.45, 2.75) is 32.0 Å². The third-order valence-electron chi connectivity index (χ3n) is 4.10. The fraction of sp³-hybridized carbons (Fsp3) is 0.368. The summed E-state index contributed by atoms with van der Waals surface area (Å²) in [7, 11) is -3.47. The highest BCUT2D eigenvalue weighted by Crippen LogP contribution is 2.21. The van der Waals surface area contributed by atoms with Gasteiger partial charge >= 0.3 is 0 Å². The SMILES string of the molecule is O=S(=O)(CC1CCCCO1)Nc1ccccc1COc1ccccc1. The molecule has 1 aliphatic heterocycles. The van der Waals surface area contributed by atoms with Crippen LogP contribution in [0.5, 0.6) is 5.75 Å². The van der Waals surface area contributed by atoms with Crippen LogP contribution in [0.2, 0.25) is 0 Å². The Bertz CT molecular complexity index is 771. The number of anilines is 1. The Balaban J connectivity index is 1.65. The van der Waals surface area contributed by atoms with Crippen molar-refractivity contribution in [1.82, 2.24) is 0 Å². The molecule has 0 aliphatic carbocycles. The smallest absolute Gasteiger partial charge is 0.235 e. The number of benzene rings is 2.